The minimum atomic E-state index is 0.215. The lowest BCUT2D eigenvalue weighted by Crippen LogP contribution is -2.32. The lowest BCUT2D eigenvalue weighted by atomic mass is 10.0. The summed E-state index contributed by atoms with van der Waals surface area (Å²) < 4.78 is 5.49. The topological polar surface area (TPSA) is 63.2 Å². The van der Waals surface area contributed by atoms with Crippen molar-refractivity contribution in [2.75, 3.05) is 43.6 Å². The van der Waals surface area contributed by atoms with Gasteiger partial charge in [0.2, 0.25) is 17.2 Å². The van der Waals surface area contributed by atoms with Crippen LogP contribution in [0.4, 0.5) is 11.9 Å². The van der Waals surface area contributed by atoms with Gasteiger partial charge in [0.25, 0.3) is 0 Å². The van der Waals surface area contributed by atoms with Crippen molar-refractivity contribution in [2.24, 2.45) is 5.92 Å². The third-order valence-electron chi connectivity index (χ3n) is 3.06. The first kappa shape index (κ1) is 14.3. The lowest BCUT2D eigenvalue weighted by molar-refractivity contribution is 0.0575. The van der Waals surface area contributed by atoms with Gasteiger partial charge in [0.15, 0.2) is 0 Å². The Hall–Kier alpha value is -1.14. The molecule has 0 saturated carbocycles. The van der Waals surface area contributed by atoms with Crippen LogP contribution in [0.3, 0.4) is 0 Å². The van der Waals surface area contributed by atoms with Gasteiger partial charge in [-0.3, -0.25) is 0 Å². The molecule has 1 N–H and O–H groups in total. The van der Waals surface area contributed by atoms with Gasteiger partial charge < -0.3 is 15.0 Å². The second-order valence-corrected chi connectivity index (χ2v) is 5.06. The summed E-state index contributed by atoms with van der Waals surface area (Å²) in [7, 11) is 1.97. The van der Waals surface area contributed by atoms with Gasteiger partial charge >= 0.3 is 0 Å². The van der Waals surface area contributed by atoms with Crippen molar-refractivity contribution >= 4 is 23.5 Å². The number of hydrogen-bond donors (Lipinski definition) is 1. The molecule has 0 aromatic carbocycles. The largest absolute Gasteiger partial charge is 0.381 e. The molecule has 1 unspecified atom stereocenters. The van der Waals surface area contributed by atoms with Gasteiger partial charge in [-0.15, -0.1) is 0 Å². The first-order valence-electron chi connectivity index (χ1n) is 6.63. The highest BCUT2D eigenvalue weighted by atomic mass is 35.5. The van der Waals surface area contributed by atoms with Crippen LogP contribution in [0.25, 0.3) is 0 Å². The van der Waals surface area contributed by atoms with Crippen LogP contribution >= 0.6 is 11.6 Å². The summed E-state index contributed by atoms with van der Waals surface area (Å²) in [4.78, 5) is 14.6. The van der Waals surface area contributed by atoms with Crippen LogP contribution in [0.1, 0.15) is 19.8 Å². The van der Waals surface area contributed by atoms with Gasteiger partial charge in [-0.2, -0.15) is 15.0 Å². The Bertz CT molecular complexity index is 411. The van der Waals surface area contributed by atoms with Gasteiger partial charge in [-0.1, -0.05) is 0 Å². The second-order valence-electron chi connectivity index (χ2n) is 4.72. The fourth-order valence-corrected chi connectivity index (χ4v) is 2.32. The van der Waals surface area contributed by atoms with E-state index in [4.69, 9.17) is 16.3 Å². The molecule has 1 atom stereocenters. The van der Waals surface area contributed by atoms with Crippen LogP contribution in [0.15, 0.2) is 0 Å². The van der Waals surface area contributed by atoms with Gasteiger partial charge in [0.05, 0.1) is 6.61 Å². The molecule has 1 aliphatic heterocycles. The molecule has 1 aromatic heterocycles. The highest BCUT2D eigenvalue weighted by Crippen LogP contribution is 2.18. The normalized spacial score (nSPS) is 19.2. The number of rotatable bonds is 5. The quantitative estimate of drug-likeness (QED) is 0.890. The Kier molecular flexibility index (Phi) is 5.15. The highest BCUT2D eigenvalue weighted by molar-refractivity contribution is 6.28. The molecule has 0 amide bonds. The minimum absolute atomic E-state index is 0.215. The average molecular weight is 286 g/mol. The van der Waals surface area contributed by atoms with Crippen LogP contribution in [0, 0.1) is 5.92 Å². The number of nitrogens with zero attached hydrogens (tertiary/aromatic N) is 4. The van der Waals surface area contributed by atoms with Crippen molar-refractivity contribution in [1.29, 1.82) is 0 Å². The Morgan fingerprint density at radius 3 is 2.95 bits per heavy atom. The molecule has 0 radical (unpaired) electrons. The third kappa shape index (κ3) is 4.18. The van der Waals surface area contributed by atoms with Gasteiger partial charge in [-0.05, 0) is 37.3 Å². The minimum Gasteiger partial charge on any atom is -0.381 e. The van der Waals surface area contributed by atoms with E-state index < -0.39 is 0 Å². The summed E-state index contributed by atoms with van der Waals surface area (Å²) in [5.74, 6) is 1.64. The molecule has 2 heterocycles. The standard InChI is InChI=1S/C12H20ClN5O/c1-3-14-11-15-10(13)16-12(17-11)18(2)7-9-5-4-6-19-8-9/h9H,3-8H2,1-2H3,(H,14,15,16,17). The van der Waals surface area contributed by atoms with Crippen molar-refractivity contribution in [3.63, 3.8) is 0 Å². The van der Waals surface area contributed by atoms with Crippen LogP contribution < -0.4 is 10.2 Å². The van der Waals surface area contributed by atoms with E-state index in [0.29, 0.717) is 17.8 Å². The molecule has 1 fully saturated rings. The molecule has 1 aliphatic rings. The van der Waals surface area contributed by atoms with E-state index >= 15 is 0 Å². The Labute approximate surface area is 118 Å². The van der Waals surface area contributed by atoms with Crippen LogP contribution in [0.2, 0.25) is 5.28 Å². The van der Waals surface area contributed by atoms with Crippen molar-refractivity contribution in [2.45, 2.75) is 19.8 Å². The van der Waals surface area contributed by atoms with E-state index in [2.05, 4.69) is 20.3 Å². The number of anilines is 2. The molecule has 19 heavy (non-hydrogen) atoms. The number of hydrogen-bond acceptors (Lipinski definition) is 6. The maximum atomic E-state index is 5.92. The van der Waals surface area contributed by atoms with Crippen molar-refractivity contribution < 1.29 is 4.74 Å². The van der Waals surface area contributed by atoms with Crippen LogP contribution in [-0.2, 0) is 4.74 Å². The summed E-state index contributed by atoms with van der Waals surface area (Å²) >= 11 is 5.92. The molecule has 6 nitrogen and oxygen atoms in total. The zero-order chi connectivity index (χ0) is 13.7. The van der Waals surface area contributed by atoms with E-state index in [1.54, 1.807) is 0 Å². The number of halogens is 1. The van der Waals surface area contributed by atoms with Crippen molar-refractivity contribution in [3.8, 4) is 0 Å². The molecule has 106 valence electrons. The Morgan fingerprint density at radius 2 is 2.26 bits per heavy atom. The fourth-order valence-electron chi connectivity index (χ4n) is 2.17. The predicted molar refractivity (Wildman–Crippen MR) is 75.8 cm³/mol. The van der Waals surface area contributed by atoms with Crippen molar-refractivity contribution in [3.05, 3.63) is 5.28 Å². The monoisotopic (exact) mass is 285 g/mol. The first-order valence-corrected chi connectivity index (χ1v) is 7.01. The second kappa shape index (κ2) is 6.86. The van der Waals surface area contributed by atoms with E-state index in [1.165, 1.54) is 6.42 Å². The average Bonchev–Trinajstić information content (AvgIpc) is 2.39. The van der Waals surface area contributed by atoms with Gasteiger partial charge in [0.1, 0.15) is 0 Å². The van der Waals surface area contributed by atoms with Crippen LogP contribution in [-0.4, -0.2) is 48.3 Å². The Balaban J connectivity index is 2.02. The maximum Gasteiger partial charge on any atom is 0.231 e. The number of nitrogens with one attached hydrogen (secondary N) is 1. The van der Waals surface area contributed by atoms with Crippen LogP contribution in [0.5, 0.6) is 0 Å². The smallest absolute Gasteiger partial charge is 0.231 e. The first-order chi connectivity index (χ1) is 9.19. The molecule has 0 spiro atoms. The van der Waals surface area contributed by atoms with Gasteiger partial charge in [-0.25, -0.2) is 0 Å². The zero-order valence-corrected chi connectivity index (χ0v) is 12.2. The molecular weight excluding hydrogens is 266 g/mol. The molecule has 1 aromatic rings. The highest BCUT2D eigenvalue weighted by Gasteiger charge is 2.18. The molecule has 2 rings (SSSR count). The molecule has 0 aliphatic carbocycles. The van der Waals surface area contributed by atoms with E-state index in [1.807, 2.05) is 18.9 Å². The Morgan fingerprint density at radius 1 is 1.42 bits per heavy atom. The summed E-state index contributed by atoms with van der Waals surface area (Å²) in [6, 6.07) is 0. The number of aromatic nitrogens is 3. The summed E-state index contributed by atoms with van der Waals surface area (Å²) in [5.41, 5.74) is 0. The predicted octanol–water partition coefficient (Wildman–Crippen LogP) is 1.82. The molecular formula is C12H20ClN5O. The van der Waals surface area contributed by atoms with E-state index in [9.17, 15) is 0 Å². The lowest BCUT2D eigenvalue weighted by Gasteiger charge is -2.27. The summed E-state index contributed by atoms with van der Waals surface area (Å²) in [6.45, 7) is 5.29. The van der Waals surface area contributed by atoms with E-state index in [0.717, 1.165) is 32.7 Å². The summed E-state index contributed by atoms with van der Waals surface area (Å²) in [6.07, 6.45) is 2.31. The van der Waals surface area contributed by atoms with Crippen molar-refractivity contribution in [1.82, 2.24) is 15.0 Å². The fraction of sp³-hybridized carbons (Fsp3) is 0.750. The SMILES string of the molecule is CCNc1nc(Cl)nc(N(C)CC2CCCOC2)n1. The molecule has 1 saturated heterocycles. The third-order valence-corrected chi connectivity index (χ3v) is 3.23. The molecule has 0 bridgehead atoms. The van der Waals surface area contributed by atoms with Gasteiger partial charge in [0, 0.05) is 26.7 Å². The number of ether oxygens (including phenoxy) is 1. The molecule has 7 heteroatoms. The summed E-state index contributed by atoms with van der Waals surface area (Å²) in [5, 5.41) is 3.26. The zero-order valence-electron chi connectivity index (χ0n) is 11.4. The van der Waals surface area contributed by atoms with E-state index in [-0.39, 0.29) is 5.28 Å². The maximum absolute atomic E-state index is 5.92.